The van der Waals surface area contributed by atoms with Gasteiger partial charge in [-0.2, -0.15) is 0 Å². The molecule has 0 aliphatic heterocycles. The van der Waals surface area contributed by atoms with E-state index in [1.165, 1.54) is 51.4 Å². The summed E-state index contributed by atoms with van der Waals surface area (Å²) in [6, 6.07) is 0. The maximum absolute atomic E-state index is 2.59. The quantitative estimate of drug-likeness (QED) is 0.430. The second-order valence-electron chi connectivity index (χ2n) is 6.80. The Hall–Kier alpha value is -0.109. The first-order valence-electron chi connectivity index (χ1n) is 9.14. The first kappa shape index (κ1) is 18.2. The van der Waals surface area contributed by atoms with Crippen LogP contribution in [0.3, 0.4) is 0 Å². The molecule has 2 aliphatic rings. The minimum atomic E-state index is -1.21. The summed E-state index contributed by atoms with van der Waals surface area (Å²) in [6.07, 6.45) is 20.3. The van der Waals surface area contributed by atoms with Gasteiger partial charge < -0.3 is 0 Å². The molecule has 0 spiro atoms. The second-order valence-corrected chi connectivity index (χ2v) is 18.6. The zero-order chi connectivity index (χ0) is 15.9. The van der Waals surface area contributed by atoms with Crippen molar-refractivity contribution >= 4 is 6.19 Å². The van der Waals surface area contributed by atoms with Crippen LogP contribution in [0.2, 0.25) is 13.1 Å². The molecule has 120 valence electrons. The van der Waals surface area contributed by atoms with Crippen molar-refractivity contribution in [1.82, 2.24) is 0 Å². The number of hydrogen-bond acceptors (Lipinski definition) is 0. The Morgan fingerprint density at radius 2 is 1.32 bits per heavy atom. The molecule has 0 N–H and O–H groups in total. The van der Waals surface area contributed by atoms with Gasteiger partial charge >= 0.3 is 144 Å². The number of allylic oxidation sites excluding steroid dienone is 8. The number of rotatable bonds is 8. The fraction of sp³-hybridized carbons (Fsp3) is 0.600. The average Bonchev–Trinajstić information content (AvgIpc) is 3.13. The van der Waals surface area contributed by atoms with Crippen LogP contribution in [0.4, 0.5) is 0 Å². The van der Waals surface area contributed by atoms with Crippen molar-refractivity contribution in [2.75, 3.05) is 0 Å². The Morgan fingerprint density at radius 3 is 1.68 bits per heavy atom. The van der Waals surface area contributed by atoms with Gasteiger partial charge in [-0.25, -0.2) is 0 Å². The zero-order valence-electron chi connectivity index (χ0n) is 15.0. The van der Waals surface area contributed by atoms with Crippen LogP contribution < -0.4 is 0 Å². The van der Waals surface area contributed by atoms with Gasteiger partial charge in [-0.15, -0.1) is 0 Å². The Morgan fingerprint density at radius 1 is 0.864 bits per heavy atom. The van der Waals surface area contributed by atoms with Crippen molar-refractivity contribution < 1.29 is 16.6 Å². The Labute approximate surface area is 144 Å². The topological polar surface area (TPSA) is 0 Å². The van der Waals surface area contributed by atoms with E-state index in [1.807, 2.05) is 7.76 Å². The van der Waals surface area contributed by atoms with Gasteiger partial charge in [0.2, 0.25) is 0 Å². The fourth-order valence-corrected chi connectivity index (χ4v) is 15.9. The molecule has 0 radical (unpaired) electrons. The molecule has 22 heavy (non-hydrogen) atoms. The number of unbranched alkanes of at least 4 members (excludes halogenated alkanes) is 2. The van der Waals surface area contributed by atoms with Gasteiger partial charge in [-0.05, 0) is 0 Å². The first-order chi connectivity index (χ1) is 10.7. The van der Waals surface area contributed by atoms with E-state index in [9.17, 15) is 0 Å². The molecule has 0 bridgehead atoms. The van der Waals surface area contributed by atoms with Gasteiger partial charge in [0.05, 0.1) is 0 Å². The minimum absolute atomic E-state index is 0.182. The summed E-state index contributed by atoms with van der Waals surface area (Å²) in [5.74, 6) is 0. The standard InChI is InChI=1S/2C9H13.C2H6Si.Ti/c2*1-2-3-6-9-7-4-5-8-9;1-3-2;/h2*4,7H,2-3,5-6H2,1H3;1-2H3;. The molecular weight excluding hydrogens is 316 g/mol. The summed E-state index contributed by atoms with van der Waals surface area (Å²) < 4.78 is 3.89. The SMILES string of the molecule is CCCCC1=[C]([Ti]([C]2=C(CCCC)C=CC2)=[Si](C)C)CC=C1. The predicted molar refractivity (Wildman–Crippen MR) is 98.1 cm³/mol. The van der Waals surface area contributed by atoms with Gasteiger partial charge in [0.15, 0.2) is 0 Å². The van der Waals surface area contributed by atoms with E-state index in [0.717, 1.165) is 0 Å². The van der Waals surface area contributed by atoms with Gasteiger partial charge in [0.1, 0.15) is 0 Å². The zero-order valence-corrected chi connectivity index (χ0v) is 17.5. The molecule has 0 nitrogen and oxygen atoms in total. The van der Waals surface area contributed by atoms with Crippen LogP contribution >= 0.6 is 0 Å². The summed E-state index contributed by atoms with van der Waals surface area (Å²) in [7, 11) is 0. The Bertz CT molecular complexity index is 510. The summed E-state index contributed by atoms with van der Waals surface area (Å²) >= 11 is -1.21. The maximum atomic E-state index is 2.59. The molecule has 0 aromatic carbocycles. The molecule has 2 rings (SSSR count). The van der Waals surface area contributed by atoms with Crippen LogP contribution in [0.5, 0.6) is 0 Å². The molecular formula is C20H32SiTi. The molecule has 0 aromatic heterocycles. The van der Waals surface area contributed by atoms with Crippen molar-refractivity contribution in [2.45, 2.75) is 78.3 Å². The van der Waals surface area contributed by atoms with E-state index in [1.54, 1.807) is 11.1 Å². The molecule has 0 aromatic rings. The van der Waals surface area contributed by atoms with Gasteiger partial charge in [-0.3, -0.25) is 0 Å². The third-order valence-corrected chi connectivity index (χ3v) is 16.5. The van der Waals surface area contributed by atoms with Crippen LogP contribution in [0.25, 0.3) is 0 Å². The molecule has 0 saturated carbocycles. The van der Waals surface area contributed by atoms with Crippen LogP contribution in [0, 0.1) is 0 Å². The monoisotopic (exact) mass is 348 g/mol. The van der Waals surface area contributed by atoms with E-state index in [4.69, 9.17) is 0 Å². The first-order valence-corrected chi connectivity index (χ1v) is 15.5. The Balaban J connectivity index is 2.34. The van der Waals surface area contributed by atoms with E-state index >= 15 is 0 Å². The van der Waals surface area contributed by atoms with Crippen molar-refractivity contribution in [1.29, 1.82) is 0 Å². The van der Waals surface area contributed by atoms with Crippen molar-refractivity contribution in [3.63, 3.8) is 0 Å². The summed E-state index contributed by atoms with van der Waals surface area (Å²) in [5, 5.41) is 0. The van der Waals surface area contributed by atoms with Crippen LogP contribution in [0.1, 0.15) is 65.2 Å². The van der Waals surface area contributed by atoms with Gasteiger partial charge in [-0.1, -0.05) is 0 Å². The molecule has 0 heterocycles. The molecule has 2 heteroatoms. The van der Waals surface area contributed by atoms with Gasteiger partial charge in [0, 0.05) is 0 Å². The van der Waals surface area contributed by atoms with Gasteiger partial charge in [0.25, 0.3) is 0 Å². The second kappa shape index (κ2) is 9.25. The summed E-state index contributed by atoms with van der Waals surface area (Å²) in [4.78, 5) is 0. The molecule has 0 saturated heterocycles. The molecule has 0 amide bonds. The predicted octanol–water partition coefficient (Wildman–Crippen LogP) is 6.66. The van der Waals surface area contributed by atoms with Crippen LogP contribution in [-0.4, -0.2) is 6.19 Å². The normalized spacial score (nSPS) is 17.1. The number of hydrogen-bond donors (Lipinski definition) is 0. The molecule has 2 aliphatic carbocycles. The fourth-order valence-electron chi connectivity index (χ4n) is 3.62. The summed E-state index contributed by atoms with van der Waals surface area (Å²) in [6.45, 7) is 9.81. The molecule has 0 fully saturated rings. The van der Waals surface area contributed by atoms with E-state index < -0.39 is 16.6 Å². The third-order valence-electron chi connectivity index (χ3n) is 4.76. The van der Waals surface area contributed by atoms with Crippen molar-refractivity contribution in [2.24, 2.45) is 0 Å². The third kappa shape index (κ3) is 4.46. The van der Waals surface area contributed by atoms with E-state index in [2.05, 4.69) is 51.2 Å². The Kier molecular flexibility index (Phi) is 7.67. The van der Waals surface area contributed by atoms with Crippen molar-refractivity contribution in [3.05, 3.63) is 43.2 Å². The van der Waals surface area contributed by atoms with E-state index in [0.29, 0.717) is 0 Å². The average molecular weight is 348 g/mol. The van der Waals surface area contributed by atoms with Crippen LogP contribution in [0.15, 0.2) is 43.2 Å². The van der Waals surface area contributed by atoms with Crippen molar-refractivity contribution in [3.8, 4) is 0 Å². The van der Waals surface area contributed by atoms with Crippen LogP contribution in [-0.2, 0) is 16.6 Å². The summed E-state index contributed by atoms with van der Waals surface area (Å²) in [5.41, 5.74) is 3.49. The molecule has 0 unspecified atom stereocenters. The molecule has 0 atom stereocenters. The van der Waals surface area contributed by atoms with E-state index in [-0.39, 0.29) is 6.19 Å².